The van der Waals surface area contributed by atoms with Crippen molar-refractivity contribution in [2.75, 3.05) is 6.54 Å². The molecule has 0 saturated carbocycles. The molecule has 112 valence electrons. The second kappa shape index (κ2) is 7.94. The number of nitrogens with one attached hydrogen (secondary N) is 1. The molecule has 5 heteroatoms. The number of hydrogen-bond donors (Lipinski definition) is 2. The number of aryl methyl sites for hydroxylation is 1. The van der Waals surface area contributed by atoms with Crippen molar-refractivity contribution in [3.8, 4) is 0 Å². The molecule has 1 aromatic heterocycles. The average molecular weight is 278 g/mol. The number of aromatic nitrogens is 2. The standard InChI is InChI=1S/C15H26N4O/c1-4-6-15(11-16,7-5-2)14(20)19-10-13-9-17-12(3)8-18-13/h8-9H,4-7,10-11,16H2,1-3H3,(H,19,20). The van der Waals surface area contributed by atoms with Crippen molar-refractivity contribution in [2.24, 2.45) is 11.1 Å². The smallest absolute Gasteiger partial charge is 0.227 e. The van der Waals surface area contributed by atoms with Crippen LogP contribution in [0.4, 0.5) is 0 Å². The molecule has 0 radical (unpaired) electrons. The maximum absolute atomic E-state index is 12.5. The number of carbonyl (C=O) groups excluding carboxylic acids is 1. The largest absolute Gasteiger partial charge is 0.350 e. The summed E-state index contributed by atoms with van der Waals surface area (Å²) in [6, 6.07) is 0. The minimum absolute atomic E-state index is 0.0334. The molecule has 0 saturated heterocycles. The summed E-state index contributed by atoms with van der Waals surface area (Å²) in [5.41, 5.74) is 7.07. The molecule has 5 nitrogen and oxygen atoms in total. The van der Waals surface area contributed by atoms with E-state index in [4.69, 9.17) is 5.73 Å². The Morgan fingerprint density at radius 1 is 1.25 bits per heavy atom. The van der Waals surface area contributed by atoms with Crippen LogP contribution < -0.4 is 11.1 Å². The fourth-order valence-electron chi connectivity index (χ4n) is 2.47. The summed E-state index contributed by atoms with van der Waals surface area (Å²) in [5, 5.41) is 2.96. The molecule has 0 fully saturated rings. The Labute approximate surface area is 121 Å². The first-order valence-corrected chi connectivity index (χ1v) is 7.34. The molecule has 1 rings (SSSR count). The Hall–Kier alpha value is -1.49. The molecule has 0 atom stereocenters. The quantitative estimate of drug-likeness (QED) is 0.761. The molecule has 0 unspecified atom stereocenters. The number of nitrogens with two attached hydrogens (primary N) is 1. The molecule has 1 amide bonds. The molecule has 0 aliphatic heterocycles. The molecule has 20 heavy (non-hydrogen) atoms. The minimum Gasteiger partial charge on any atom is -0.350 e. The van der Waals surface area contributed by atoms with Gasteiger partial charge in [0.15, 0.2) is 0 Å². The van der Waals surface area contributed by atoms with Gasteiger partial charge in [-0.05, 0) is 19.8 Å². The van der Waals surface area contributed by atoms with E-state index in [1.54, 1.807) is 12.4 Å². The van der Waals surface area contributed by atoms with Gasteiger partial charge in [-0.15, -0.1) is 0 Å². The van der Waals surface area contributed by atoms with Crippen molar-refractivity contribution in [2.45, 2.75) is 53.0 Å². The van der Waals surface area contributed by atoms with Gasteiger partial charge in [0.05, 0.1) is 29.5 Å². The molecular weight excluding hydrogens is 252 g/mol. The van der Waals surface area contributed by atoms with Crippen LogP contribution in [-0.4, -0.2) is 22.4 Å². The van der Waals surface area contributed by atoms with Gasteiger partial charge < -0.3 is 11.1 Å². The van der Waals surface area contributed by atoms with Crippen LogP contribution in [0.1, 0.15) is 50.9 Å². The topological polar surface area (TPSA) is 80.9 Å². The van der Waals surface area contributed by atoms with Crippen LogP contribution in [0.15, 0.2) is 12.4 Å². The van der Waals surface area contributed by atoms with Gasteiger partial charge in [0.2, 0.25) is 5.91 Å². The molecular formula is C15H26N4O. The minimum atomic E-state index is -0.443. The number of amides is 1. The monoisotopic (exact) mass is 278 g/mol. The highest BCUT2D eigenvalue weighted by Crippen LogP contribution is 2.29. The molecule has 0 spiro atoms. The summed E-state index contributed by atoms with van der Waals surface area (Å²) in [7, 11) is 0. The van der Waals surface area contributed by atoms with Crippen LogP contribution in [0.25, 0.3) is 0 Å². The number of carbonyl (C=O) groups is 1. The first-order valence-electron chi connectivity index (χ1n) is 7.34. The van der Waals surface area contributed by atoms with E-state index in [0.717, 1.165) is 37.1 Å². The van der Waals surface area contributed by atoms with Crippen LogP contribution in [-0.2, 0) is 11.3 Å². The van der Waals surface area contributed by atoms with Crippen molar-refractivity contribution in [1.82, 2.24) is 15.3 Å². The van der Waals surface area contributed by atoms with E-state index in [-0.39, 0.29) is 5.91 Å². The van der Waals surface area contributed by atoms with Gasteiger partial charge in [-0.3, -0.25) is 14.8 Å². The van der Waals surface area contributed by atoms with E-state index < -0.39 is 5.41 Å². The third-order valence-electron chi connectivity index (χ3n) is 3.59. The van der Waals surface area contributed by atoms with Gasteiger partial charge in [-0.2, -0.15) is 0 Å². The number of nitrogens with zero attached hydrogens (tertiary/aromatic N) is 2. The van der Waals surface area contributed by atoms with Gasteiger partial charge in [0.25, 0.3) is 0 Å². The van der Waals surface area contributed by atoms with Crippen molar-refractivity contribution in [3.63, 3.8) is 0 Å². The highest BCUT2D eigenvalue weighted by molar-refractivity contribution is 5.82. The summed E-state index contributed by atoms with van der Waals surface area (Å²) in [6.45, 7) is 6.84. The first-order chi connectivity index (χ1) is 9.57. The van der Waals surface area contributed by atoms with E-state index >= 15 is 0 Å². The second-order valence-electron chi connectivity index (χ2n) is 5.32. The maximum Gasteiger partial charge on any atom is 0.227 e. The Kier molecular flexibility index (Phi) is 6.58. The predicted octanol–water partition coefficient (Wildman–Crippen LogP) is 1.95. The third-order valence-corrected chi connectivity index (χ3v) is 3.59. The van der Waals surface area contributed by atoms with Crippen molar-refractivity contribution < 1.29 is 4.79 Å². The maximum atomic E-state index is 12.5. The molecule has 0 aliphatic rings. The molecule has 0 aliphatic carbocycles. The molecule has 0 aromatic carbocycles. The second-order valence-corrected chi connectivity index (χ2v) is 5.32. The summed E-state index contributed by atoms with van der Waals surface area (Å²) < 4.78 is 0. The van der Waals surface area contributed by atoms with Gasteiger partial charge in [-0.1, -0.05) is 26.7 Å². The summed E-state index contributed by atoms with van der Waals surface area (Å²) in [4.78, 5) is 20.9. The number of hydrogen-bond acceptors (Lipinski definition) is 4. The van der Waals surface area contributed by atoms with Crippen molar-refractivity contribution >= 4 is 5.91 Å². The lowest BCUT2D eigenvalue weighted by Gasteiger charge is -2.30. The van der Waals surface area contributed by atoms with Gasteiger partial charge in [0, 0.05) is 12.7 Å². The van der Waals surface area contributed by atoms with Crippen LogP contribution in [0.3, 0.4) is 0 Å². The average Bonchev–Trinajstić information content (AvgIpc) is 2.46. The highest BCUT2D eigenvalue weighted by atomic mass is 16.2. The lowest BCUT2D eigenvalue weighted by atomic mass is 9.78. The zero-order valence-electron chi connectivity index (χ0n) is 12.8. The summed E-state index contributed by atoms with van der Waals surface area (Å²) in [6.07, 6.45) is 6.95. The van der Waals surface area contributed by atoms with Gasteiger partial charge in [-0.25, -0.2) is 0 Å². The van der Waals surface area contributed by atoms with Crippen molar-refractivity contribution in [3.05, 3.63) is 23.8 Å². The fourth-order valence-corrected chi connectivity index (χ4v) is 2.47. The van der Waals surface area contributed by atoms with E-state index in [0.29, 0.717) is 13.1 Å². The Morgan fingerprint density at radius 3 is 2.35 bits per heavy atom. The predicted molar refractivity (Wildman–Crippen MR) is 79.9 cm³/mol. The zero-order chi connectivity index (χ0) is 15.0. The highest BCUT2D eigenvalue weighted by Gasteiger charge is 2.34. The van der Waals surface area contributed by atoms with Crippen LogP contribution in [0.5, 0.6) is 0 Å². The summed E-state index contributed by atoms with van der Waals surface area (Å²) in [5.74, 6) is 0.0334. The van der Waals surface area contributed by atoms with E-state index in [1.165, 1.54) is 0 Å². The lowest BCUT2D eigenvalue weighted by molar-refractivity contribution is -0.131. The van der Waals surface area contributed by atoms with Crippen LogP contribution in [0.2, 0.25) is 0 Å². The number of rotatable bonds is 8. The normalized spacial score (nSPS) is 11.4. The zero-order valence-corrected chi connectivity index (χ0v) is 12.8. The van der Waals surface area contributed by atoms with E-state index in [9.17, 15) is 4.79 Å². The first kappa shape index (κ1) is 16.6. The molecule has 0 bridgehead atoms. The lowest BCUT2D eigenvalue weighted by Crippen LogP contribution is -2.45. The van der Waals surface area contributed by atoms with Crippen molar-refractivity contribution in [1.29, 1.82) is 0 Å². The summed E-state index contributed by atoms with van der Waals surface area (Å²) >= 11 is 0. The van der Waals surface area contributed by atoms with E-state index in [1.807, 2.05) is 6.92 Å². The Balaban J connectivity index is 2.68. The van der Waals surface area contributed by atoms with E-state index in [2.05, 4.69) is 29.1 Å². The Morgan fingerprint density at radius 2 is 1.90 bits per heavy atom. The molecule has 3 N–H and O–H groups in total. The molecule has 1 heterocycles. The Bertz CT molecular complexity index is 410. The van der Waals surface area contributed by atoms with Gasteiger partial charge >= 0.3 is 0 Å². The van der Waals surface area contributed by atoms with Gasteiger partial charge in [0.1, 0.15) is 0 Å². The SMILES string of the molecule is CCCC(CN)(CCC)C(=O)NCc1cnc(C)cn1. The van der Waals surface area contributed by atoms with Crippen LogP contribution in [0, 0.1) is 12.3 Å². The van der Waals surface area contributed by atoms with Crippen LogP contribution >= 0.6 is 0 Å². The fraction of sp³-hybridized carbons (Fsp3) is 0.667. The molecule has 1 aromatic rings. The third kappa shape index (κ3) is 4.27.